The number of ether oxygens (including phenoxy) is 2. The van der Waals surface area contributed by atoms with Crippen LogP contribution in [0.15, 0.2) is 29.8 Å². The highest BCUT2D eigenvalue weighted by atomic mass is 16.6. The zero-order valence-corrected chi connectivity index (χ0v) is 21.1. The highest BCUT2D eigenvalue weighted by molar-refractivity contribution is 5.76. The van der Waals surface area contributed by atoms with E-state index in [1.54, 1.807) is 5.57 Å². The summed E-state index contributed by atoms with van der Waals surface area (Å²) < 4.78 is 11.4. The molecule has 2 unspecified atom stereocenters. The van der Waals surface area contributed by atoms with E-state index in [0.29, 0.717) is 44.0 Å². The van der Waals surface area contributed by atoms with E-state index in [0.717, 1.165) is 24.2 Å². The zero-order chi connectivity index (χ0) is 24.0. The molecule has 6 heteroatoms. The lowest BCUT2D eigenvalue weighted by molar-refractivity contribution is -0.123. The number of nitrogens with one attached hydrogen (secondary N) is 1. The van der Waals surface area contributed by atoms with Crippen LogP contribution < -0.4 is 14.8 Å². The monoisotopic (exact) mass is 482 g/mol. The SMILES string of the molecule is O=C(CCCCCCCCC1=CC1)NC(CN1C2CCC1CC2)C(O)c1ccc2c(c1)OCCO2. The van der Waals surface area contributed by atoms with E-state index >= 15 is 0 Å². The van der Waals surface area contributed by atoms with Crippen molar-refractivity contribution in [1.82, 2.24) is 10.2 Å². The van der Waals surface area contributed by atoms with Gasteiger partial charge in [0, 0.05) is 25.0 Å². The molecule has 1 amide bonds. The van der Waals surface area contributed by atoms with Crippen LogP contribution in [0.1, 0.15) is 95.1 Å². The summed E-state index contributed by atoms with van der Waals surface area (Å²) in [6, 6.07) is 6.51. The molecule has 0 saturated carbocycles. The number of aliphatic hydroxyl groups is 1. The standard InChI is InChI=1S/C29H42N2O4/c32-28(8-6-4-2-1-3-5-7-21-9-10-21)30-25(20-31-23-12-13-24(31)15-14-23)29(33)22-11-16-26-27(19-22)35-18-17-34-26/h9,11,16,19,23-25,29,33H,1-8,10,12-15,17-18,20H2,(H,30,32). The maximum absolute atomic E-state index is 12.9. The number of benzene rings is 1. The summed E-state index contributed by atoms with van der Waals surface area (Å²) in [6.07, 6.45) is 16.7. The van der Waals surface area contributed by atoms with Crippen LogP contribution in [0.5, 0.6) is 11.5 Å². The van der Waals surface area contributed by atoms with Crippen LogP contribution >= 0.6 is 0 Å². The van der Waals surface area contributed by atoms with Crippen LogP contribution in [0.3, 0.4) is 0 Å². The van der Waals surface area contributed by atoms with Crippen molar-refractivity contribution in [3.8, 4) is 11.5 Å². The van der Waals surface area contributed by atoms with Crippen molar-refractivity contribution in [1.29, 1.82) is 0 Å². The second-order valence-corrected chi connectivity index (χ2v) is 10.9. The minimum absolute atomic E-state index is 0.0545. The first-order valence-corrected chi connectivity index (χ1v) is 14.0. The van der Waals surface area contributed by atoms with Crippen molar-refractivity contribution >= 4 is 5.91 Å². The van der Waals surface area contributed by atoms with Crippen LogP contribution in [0, 0.1) is 0 Å². The van der Waals surface area contributed by atoms with Crippen LogP contribution in [0.2, 0.25) is 0 Å². The summed E-state index contributed by atoms with van der Waals surface area (Å²) in [6.45, 7) is 1.76. The molecule has 0 aromatic heterocycles. The second kappa shape index (κ2) is 11.8. The van der Waals surface area contributed by atoms with Gasteiger partial charge in [0.1, 0.15) is 19.3 Å². The predicted molar refractivity (Wildman–Crippen MR) is 137 cm³/mol. The van der Waals surface area contributed by atoms with Gasteiger partial charge in [0.2, 0.25) is 5.91 Å². The first kappa shape index (κ1) is 24.6. The summed E-state index contributed by atoms with van der Waals surface area (Å²) in [5, 5.41) is 14.6. The van der Waals surface area contributed by atoms with Crippen molar-refractivity contribution < 1.29 is 19.4 Å². The zero-order valence-electron chi connectivity index (χ0n) is 21.1. The Bertz CT molecular complexity index is 881. The van der Waals surface area contributed by atoms with Gasteiger partial charge < -0.3 is 19.9 Å². The van der Waals surface area contributed by atoms with E-state index in [2.05, 4.69) is 16.3 Å². The molecule has 2 atom stereocenters. The first-order chi connectivity index (χ1) is 17.2. The molecule has 0 spiro atoms. The van der Waals surface area contributed by atoms with Crippen LogP contribution in [-0.2, 0) is 4.79 Å². The number of hydrogen-bond donors (Lipinski definition) is 2. The maximum atomic E-state index is 12.9. The van der Waals surface area contributed by atoms with Crippen LogP contribution in [0.25, 0.3) is 0 Å². The normalized spacial score (nSPS) is 24.2. The van der Waals surface area contributed by atoms with Gasteiger partial charge in [-0.25, -0.2) is 0 Å². The Labute approximate surface area is 210 Å². The average molecular weight is 483 g/mol. The van der Waals surface area contributed by atoms with Crippen molar-refractivity contribution in [3.63, 3.8) is 0 Å². The molecule has 5 rings (SSSR count). The first-order valence-electron chi connectivity index (χ1n) is 14.0. The average Bonchev–Trinajstić information content (AvgIpc) is 3.55. The molecule has 2 fully saturated rings. The van der Waals surface area contributed by atoms with Gasteiger partial charge in [0.15, 0.2) is 11.5 Å². The van der Waals surface area contributed by atoms with E-state index in [9.17, 15) is 9.90 Å². The number of carbonyl (C=O) groups excluding carboxylic acids is 1. The molecular formula is C29H42N2O4. The molecule has 2 saturated heterocycles. The van der Waals surface area contributed by atoms with Gasteiger partial charge in [-0.1, -0.05) is 43.4 Å². The molecule has 1 aliphatic carbocycles. The Balaban J connectivity index is 1.13. The quantitative estimate of drug-likeness (QED) is 0.287. The van der Waals surface area contributed by atoms with E-state index < -0.39 is 6.10 Å². The third kappa shape index (κ3) is 6.59. The third-order valence-corrected chi connectivity index (χ3v) is 8.29. The molecule has 35 heavy (non-hydrogen) atoms. The Morgan fingerprint density at radius 3 is 2.34 bits per heavy atom. The van der Waals surface area contributed by atoms with Gasteiger partial charge in [-0.05, 0) is 69.1 Å². The molecule has 1 aromatic rings. The number of unbranched alkanes of at least 4 members (excludes halogenated alkanes) is 5. The van der Waals surface area contributed by atoms with Crippen molar-refractivity contribution in [2.24, 2.45) is 0 Å². The molecule has 2 N–H and O–H groups in total. The van der Waals surface area contributed by atoms with E-state index in [-0.39, 0.29) is 11.9 Å². The van der Waals surface area contributed by atoms with Crippen LogP contribution in [0.4, 0.5) is 0 Å². The third-order valence-electron chi connectivity index (χ3n) is 8.29. The lowest BCUT2D eigenvalue weighted by Crippen LogP contribution is -2.48. The van der Waals surface area contributed by atoms with E-state index in [4.69, 9.17) is 9.47 Å². The topological polar surface area (TPSA) is 71.0 Å². The minimum atomic E-state index is -0.781. The maximum Gasteiger partial charge on any atom is 0.220 e. The fourth-order valence-electron chi connectivity index (χ4n) is 6.15. The van der Waals surface area contributed by atoms with Gasteiger partial charge in [-0.2, -0.15) is 0 Å². The number of fused-ring (bicyclic) bond motifs is 3. The van der Waals surface area contributed by atoms with Gasteiger partial charge in [0.05, 0.1) is 6.04 Å². The van der Waals surface area contributed by atoms with Crippen molar-refractivity contribution in [2.75, 3.05) is 19.8 Å². The highest BCUT2D eigenvalue weighted by Crippen LogP contribution is 2.39. The fourth-order valence-corrected chi connectivity index (χ4v) is 6.15. The molecule has 1 aromatic carbocycles. The fraction of sp³-hybridized carbons (Fsp3) is 0.690. The van der Waals surface area contributed by atoms with Crippen molar-refractivity contribution in [2.45, 2.75) is 108 Å². The Kier molecular flexibility index (Phi) is 8.30. The van der Waals surface area contributed by atoms with Gasteiger partial charge in [0.25, 0.3) is 0 Å². The van der Waals surface area contributed by atoms with E-state index in [1.165, 1.54) is 64.2 Å². The molecule has 192 valence electrons. The molecule has 0 radical (unpaired) electrons. The Hall–Kier alpha value is -2.05. The number of aliphatic hydroxyl groups excluding tert-OH is 1. The molecular weight excluding hydrogens is 440 g/mol. The van der Waals surface area contributed by atoms with Gasteiger partial charge in [-0.3, -0.25) is 9.69 Å². The molecule has 3 heterocycles. The molecule has 6 nitrogen and oxygen atoms in total. The van der Waals surface area contributed by atoms with Crippen molar-refractivity contribution in [3.05, 3.63) is 35.4 Å². The Morgan fingerprint density at radius 1 is 0.971 bits per heavy atom. The Morgan fingerprint density at radius 2 is 1.63 bits per heavy atom. The predicted octanol–water partition coefficient (Wildman–Crippen LogP) is 5.05. The molecule has 3 aliphatic heterocycles. The lowest BCUT2D eigenvalue weighted by Gasteiger charge is -2.32. The van der Waals surface area contributed by atoms with Gasteiger partial charge >= 0.3 is 0 Å². The largest absolute Gasteiger partial charge is 0.486 e. The summed E-state index contributed by atoms with van der Waals surface area (Å²) in [5.41, 5.74) is 2.41. The summed E-state index contributed by atoms with van der Waals surface area (Å²) in [5.74, 6) is 1.45. The smallest absolute Gasteiger partial charge is 0.220 e. The summed E-state index contributed by atoms with van der Waals surface area (Å²) in [4.78, 5) is 15.4. The second-order valence-electron chi connectivity index (χ2n) is 10.9. The number of allylic oxidation sites excluding steroid dienone is 2. The summed E-state index contributed by atoms with van der Waals surface area (Å²) in [7, 11) is 0. The number of amides is 1. The van der Waals surface area contributed by atoms with Crippen LogP contribution in [-0.4, -0.2) is 53.8 Å². The minimum Gasteiger partial charge on any atom is -0.486 e. The summed E-state index contributed by atoms with van der Waals surface area (Å²) >= 11 is 0. The number of carbonyl (C=O) groups is 1. The highest BCUT2D eigenvalue weighted by Gasteiger charge is 2.41. The number of rotatable bonds is 14. The van der Waals surface area contributed by atoms with Gasteiger partial charge in [-0.15, -0.1) is 0 Å². The van der Waals surface area contributed by atoms with E-state index in [1.807, 2.05) is 18.2 Å². The lowest BCUT2D eigenvalue weighted by atomic mass is 10.00. The molecule has 4 aliphatic rings. The molecule has 2 bridgehead atoms. The number of hydrogen-bond acceptors (Lipinski definition) is 5. The number of nitrogens with zero attached hydrogens (tertiary/aromatic N) is 1.